The maximum Gasteiger partial charge on any atom is 0.273 e. The molecule has 1 saturated carbocycles. The Hall–Kier alpha value is -2.82. The zero-order chi connectivity index (χ0) is 18.4. The summed E-state index contributed by atoms with van der Waals surface area (Å²) >= 11 is 0. The first-order valence-electron chi connectivity index (χ1n) is 8.13. The molecule has 1 aromatic rings. The van der Waals surface area contributed by atoms with E-state index in [1.54, 1.807) is 0 Å². The van der Waals surface area contributed by atoms with Crippen molar-refractivity contribution in [3.05, 3.63) is 28.3 Å². The number of hydrogen-bond donors (Lipinski definition) is 1. The number of methoxy groups -OCH3 is 1. The largest absolute Gasteiger partial charge is 0.493 e. The van der Waals surface area contributed by atoms with Gasteiger partial charge in [0, 0.05) is 6.07 Å². The van der Waals surface area contributed by atoms with Crippen LogP contribution in [0.1, 0.15) is 39.0 Å². The number of amides is 1. The number of nitrogens with one attached hydrogen (secondary N) is 1. The van der Waals surface area contributed by atoms with Gasteiger partial charge >= 0.3 is 0 Å². The van der Waals surface area contributed by atoms with Gasteiger partial charge in [0.15, 0.2) is 17.6 Å². The molecule has 0 bridgehead atoms. The highest BCUT2D eigenvalue weighted by Gasteiger charge is 2.35. The zero-order valence-corrected chi connectivity index (χ0v) is 14.3. The van der Waals surface area contributed by atoms with E-state index in [1.807, 2.05) is 0 Å². The van der Waals surface area contributed by atoms with E-state index in [1.165, 1.54) is 32.2 Å². The van der Waals surface area contributed by atoms with Crippen LogP contribution in [0.2, 0.25) is 0 Å². The van der Waals surface area contributed by atoms with Crippen LogP contribution in [0.5, 0.6) is 11.5 Å². The van der Waals surface area contributed by atoms with Crippen LogP contribution in [0.15, 0.2) is 18.2 Å². The molecular weight excluding hydrogens is 326 g/mol. The summed E-state index contributed by atoms with van der Waals surface area (Å²) in [5, 5.41) is 23.1. The van der Waals surface area contributed by atoms with Crippen molar-refractivity contribution in [2.75, 3.05) is 7.11 Å². The van der Waals surface area contributed by atoms with Gasteiger partial charge in [-0.15, -0.1) is 0 Å². The van der Waals surface area contributed by atoms with Gasteiger partial charge in [-0.25, -0.2) is 0 Å². The summed E-state index contributed by atoms with van der Waals surface area (Å²) in [6.07, 6.45) is 3.13. The minimum Gasteiger partial charge on any atom is -0.493 e. The first-order chi connectivity index (χ1) is 11.9. The van der Waals surface area contributed by atoms with Crippen molar-refractivity contribution >= 4 is 11.6 Å². The highest BCUT2D eigenvalue weighted by molar-refractivity contribution is 5.82. The van der Waals surface area contributed by atoms with Crippen molar-refractivity contribution in [3.63, 3.8) is 0 Å². The molecule has 1 atom stereocenters. The molecule has 8 heteroatoms. The molecule has 2 rings (SSSR count). The number of nitriles is 1. The molecule has 134 valence electrons. The topological polar surface area (TPSA) is 114 Å². The number of ether oxygens (including phenoxy) is 2. The third-order valence-corrected chi connectivity index (χ3v) is 4.31. The fraction of sp³-hybridized carbons (Fsp3) is 0.529. The third-order valence-electron chi connectivity index (χ3n) is 4.31. The summed E-state index contributed by atoms with van der Waals surface area (Å²) < 4.78 is 10.7. The summed E-state index contributed by atoms with van der Waals surface area (Å²) in [4.78, 5) is 22.8. The van der Waals surface area contributed by atoms with Crippen molar-refractivity contribution in [1.29, 1.82) is 5.26 Å². The summed E-state index contributed by atoms with van der Waals surface area (Å²) in [6.45, 7) is 1.53. The Morgan fingerprint density at radius 3 is 2.60 bits per heavy atom. The normalized spacial score (nSPS) is 17.0. The van der Waals surface area contributed by atoms with Crippen LogP contribution >= 0.6 is 0 Å². The number of nitrogens with zero attached hydrogens (tertiary/aromatic N) is 2. The Labute approximate surface area is 145 Å². The molecular formula is C17H21N3O5. The Bertz CT molecular complexity index is 692. The van der Waals surface area contributed by atoms with Crippen LogP contribution in [-0.4, -0.2) is 29.6 Å². The van der Waals surface area contributed by atoms with Crippen LogP contribution < -0.4 is 14.8 Å². The molecule has 0 saturated heterocycles. The number of rotatable bonds is 6. The molecule has 0 aliphatic heterocycles. The average Bonchev–Trinajstić information content (AvgIpc) is 2.62. The molecule has 1 N–H and O–H groups in total. The van der Waals surface area contributed by atoms with E-state index >= 15 is 0 Å². The SMILES string of the molecule is COc1ccc([N+](=O)[O-])cc1O[C@@H](C)C(=O)NC1(C#N)CCCCC1. The third kappa shape index (κ3) is 4.38. The average molecular weight is 347 g/mol. The number of non-ortho nitro benzene ring substituents is 1. The number of nitro groups is 1. The highest BCUT2D eigenvalue weighted by atomic mass is 16.6. The van der Waals surface area contributed by atoms with Gasteiger partial charge in [-0.3, -0.25) is 14.9 Å². The van der Waals surface area contributed by atoms with Gasteiger partial charge in [-0.1, -0.05) is 19.3 Å². The maximum absolute atomic E-state index is 12.4. The van der Waals surface area contributed by atoms with Gasteiger partial charge in [0.2, 0.25) is 0 Å². The molecule has 0 unspecified atom stereocenters. The molecule has 0 heterocycles. The molecule has 1 aliphatic carbocycles. The molecule has 25 heavy (non-hydrogen) atoms. The lowest BCUT2D eigenvalue weighted by Gasteiger charge is -2.32. The lowest BCUT2D eigenvalue weighted by Crippen LogP contribution is -2.52. The maximum atomic E-state index is 12.4. The highest BCUT2D eigenvalue weighted by Crippen LogP contribution is 2.32. The van der Waals surface area contributed by atoms with E-state index in [0.717, 1.165) is 19.3 Å². The van der Waals surface area contributed by atoms with Crippen molar-refractivity contribution in [2.45, 2.75) is 50.7 Å². The monoisotopic (exact) mass is 347 g/mol. The summed E-state index contributed by atoms with van der Waals surface area (Å²) in [6, 6.07) is 6.13. The van der Waals surface area contributed by atoms with Gasteiger partial charge in [-0.05, 0) is 25.8 Å². The summed E-state index contributed by atoms with van der Waals surface area (Å²) in [7, 11) is 1.41. The first kappa shape index (κ1) is 18.5. The van der Waals surface area contributed by atoms with Crippen LogP contribution in [0.4, 0.5) is 5.69 Å². The number of benzene rings is 1. The van der Waals surface area contributed by atoms with Gasteiger partial charge in [0.25, 0.3) is 11.6 Å². The van der Waals surface area contributed by atoms with Crippen molar-refractivity contribution in [3.8, 4) is 17.6 Å². The summed E-state index contributed by atoms with van der Waals surface area (Å²) in [5.74, 6) is -0.0380. The van der Waals surface area contributed by atoms with Gasteiger partial charge in [-0.2, -0.15) is 5.26 Å². The quantitative estimate of drug-likeness (QED) is 0.625. The molecule has 0 spiro atoms. The molecule has 0 radical (unpaired) electrons. The summed E-state index contributed by atoms with van der Waals surface area (Å²) in [5.41, 5.74) is -1.02. The van der Waals surface area contributed by atoms with Crippen molar-refractivity contribution in [1.82, 2.24) is 5.32 Å². The van der Waals surface area contributed by atoms with Crippen molar-refractivity contribution in [2.24, 2.45) is 0 Å². The molecule has 0 aromatic heterocycles. The number of nitro benzene ring substituents is 1. The second-order valence-corrected chi connectivity index (χ2v) is 6.10. The van der Waals surface area contributed by atoms with Crippen LogP contribution in [-0.2, 0) is 4.79 Å². The Kier molecular flexibility index (Phi) is 5.80. The van der Waals surface area contributed by atoms with E-state index < -0.39 is 22.5 Å². The fourth-order valence-corrected chi connectivity index (χ4v) is 2.87. The standard InChI is InChI=1S/C17H21N3O5/c1-12(16(21)19-17(11-18)8-4-3-5-9-17)25-15-10-13(20(22)23)6-7-14(15)24-2/h6-7,10,12H,3-5,8-9H2,1-2H3,(H,19,21)/t12-/m0/s1. The lowest BCUT2D eigenvalue weighted by atomic mass is 9.83. The molecule has 1 aliphatic rings. The predicted octanol–water partition coefficient (Wildman–Crippen LogP) is 2.71. The van der Waals surface area contributed by atoms with Crippen LogP contribution in [0.3, 0.4) is 0 Å². The van der Waals surface area contributed by atoms with Crippen LogP contribution in [0, 0.1) is 21.4 Å². The van der Waals surface area contributed by atoms with Crippen LogP contribution in [0.25, 0.3) is 0 Å². The number of hydrogen-bond acceptors (Lipinski definition) is 6. The predicted molar refractivity (Wildman–Crippen MR) is 89.3 cm³/mol. The Balaban J connectivity index is 2.11. The van der Waals surface area contributed by atoms with E-state index in [0.29, 0.717) is 12.8 Å². The van der Waals surface area contributed by atoms with E-state index in [4.69, 9.17) is 9.47 Å². The second kappa shape index (κ2) is 7.83. The smallest absolute Gasteiger partial charge is 0.273 e. The molecule has 8 nitrogen and oxygen atoms in total. The second-order valence-electron chi connectivity index (χ2n) is 6.10. The van der Waals surface area contributed by atoms with Gasteiger partial charge in [0.1, 0.15) is 5.54 Å². The molecule has 1 fully saturated rings. The van der Waals surface area contributed by atoms with E-state index in [2.05, 4.69) is 11.4 Å². The van der Waals surface area contributed by atoms with E-state index in [9.17, 15) is 20.2 Å². The molecule has 1 amide bonds. The first-order valence-corrected chi connectivity index (χ1v) is 8.13. The zero-order valence-electron chi connectivity index (χ0n) is 14.3. The lowest BCUT2D eigenvalue weighted by molar-refractivity contribution is -0.385. The Morgan fingerprint density at radius 2 is 2.04 bits per heavy atom. The minimum absolute atomic E-state index is 0.106. The molecule has 1 aromatic carbocycles. The van der Waals surface area contributed by atoms with E-state index in [-0.39, 0.29) is 17.2 Å². The van der Waals surface area contributed by atoms with Gasteiger partial charge < -0.3 is 14.8 Å². The Morgan fingerprint density at radius 1 is 1.36 bits per heavy atom. The van der Waals surface area contributed by atoms with Crippen molar-refractivity contribution < 1.29 is 19.2 Å². The number of carbonyl (C=O) groups excluding carboxylic acids is 1. The minimum atomic E-state index is -0.928. The number of carbonyl (C=O) groups is 1. The van der Waals surface area contributed by atoms with Gasteiger partial charge in [0.05, 0.1) is 24.2 Å². The fourth-order valence-electron chi connectivity index (χ4n) is 2.87.